The number of aromatic amines is 1. The summed E-state index contributed by atoms with van der Waals surface area (Å²) in [5.41, 5.74) is 7.48. The third kappa shape index (κ3) is 1.56. The Morgan fingerprint density at radius 2 is 2.35 bits per heavy atom. The number of fused-ring (bicyclic) bond motifs is 1. The molecule has 90 valence electrons. The van der Waals surface area contributed by atoms with Gasteiger partial charge in [-0.1, -0.05) is 6.92 Å². The monoisotopic (exact) mass is 232 g/mol. The molecule has 0 bridgehead atoms. The molecule has 1 fully saturated rings. The largest absolute Gasteiger partial charge is 0.350 e. The predicted molar refractivity (Wildman–Crippen MR) is 65.7 cm³/mol. The van der Waals surface area contributed by atoms with Crippen molar-refractivity contribution >= 4 is 17.0 Å². The molecule has 2 aromatic heterocycles. The summed E-state index contributed by atoms with van der Waals surface area (Å²) >= 11 is 0. The van der Waals surface area contributed by atoms with Gasteiger partial charge >= 0.3 is 0 Å². The molecule has 3 rings (SSSR count). The molecule has 0 spiro atoms. The summed E-state index contributed by atoms with van der Waals surface area (Å²) in [6.07, 6.45) is 4.37. The second-order valence-electron chi connectivity index (χ2n) is 4.56. The highest BCUT2D eigenvalue weighted by molar-refractivity contribution is 5.83. The molecule has 17 heavy (non-hydrogen) atoms. The maximum atomic E-state index is 5.86. The SMILES string of the molecule is CC1CCN(c2ncnc3nc[nH]c23)C1CN. The Labute approximate surface area is 99.3 Å². The van der Waals surface area contributed by atoms with Crippen molar-refractivity contribution in [2.24, 2.45) is 11.7 Å². The number of hydrogen-bond donors (Lipinski definition) is 2. The number of aromatic nitrogens is 4. The minimum atomic E-state index is 0.358. The first-order valence-electron chi connectivity index (χ1n) is 5.92. The summed E-state index contributed by atoms with van der Waals surface area (Å²) in [5, 5.41) is 0. The van der Waals surface area contributed by atoms with E-state index in [2.05, 4.69) is 31.8 Å². The van der Waals surface area contributed by atoms with Gasteiger partial charge in [0.25, 0.3) is 0 Å². The molecule has 1 saturated heterocycles. The van der Waals surface area contributed by atoms with Gasteiger partial charge in [0.1, 0.15) is 11.8 Å². The number of hydrogen-bond acceptors (Lipinski definition) is 5. The van der Waals surface area contributed by atoms with Crippen LogP contribution in [0.3, 0.4) is 0 Å². The fourth-order valence-corrected chi connectivity index (χ4v) is 2.60. The molecular weight excluding hydrogens is 216 g/mol. The predicted octanol–water partition coefficient (Wildman–Crippen LogP) is 0.526. The minimum Gasteiger partial charge on any atom is -0.350 e. The molecule has 2 unspecified atom stereocenters. The number of nitrogens with zero attached hydrogens (tertiary/aromatic N) is 4. The standard InChI is InChI=1S/C11H16N6/c1-7-2-3-17(8(7)4-12)11-9-10(14-5-13-9)15-6-16-11/h5-8H,2-4,12H2,1H3,(H,13,14,15,16). The van der Waals surface area contributed by atoms with E-state index in [1.54, 1.807) is 12.7 Å². The van der Waals surface area contributed by atoms with Crippen LogP contribution in [0.2, 0.25) is 0 Å². The summed E-state index contributed by atoms with van der Waals surface area (Å²) in [7, 11) is 0. The third-order valence-electron chi connectivity index (χ3n) is 3.60. The average molecular weight is 232 g/mol. The molecule has 0 aliphatic carbocycles. The Morgan fingerprint density at radius 3 is 3.18 bits per heavy atom. The first-order valence-corrected chi connectivity index (χ1v) is 5.92. The van der Waals surface area contributed by atoms with Crippen LogP contribution in [0.4, 0.5) is 5.82 Å². The normalized spacial score (nSPS) is 24.7. The van der Waals surface area contributed by atoms with E-state index in [0.29, 0.717) is 24.2 Å². The van der Waals surface area contributed by atoms with Crippen LogP contribution >= 0.6 is 0 Å². The Hall–Kier alpha value is -1.69. The molecule has 2 aromatic rings. The van der Waals surface area contributed by atoms with Crippen LogP contribution in [0.1, 0.15) is 13.3 Å². The Bertz CT molecular complexity index is 521. The van der Waals surface area contributed by atoms with Gasteiger partial charge in [0.15, 0.2) is 11.5 Å². The van der Waals surface area contributed by atoms with Gasteiger partial charge in [0, 0.05) is 19.1 Å². The molecule has 1 aliphatic heterocycles. The van der Waals surface area contributed by atoms with Gasteiger partial charge in [-0.15, -0.1) is 0 Å². The lowest BCUT2D eigenvalue weighted by atomic mass is 10.0. The van der Waals surface area contributed by atoms with Crippen molar-refractivity contribution in [1.82, 2.24) is 19.9 Å². The van der Waals surface area contributed by atoms with E-state index in [1.165, 1.54) is 0 Å². The molecule has 0 amide bonds. The molecule has 3 heterocycles. The minimum absolute atomic E-state index is 0.358. The van der Waals surface area contributed by atoms with Crippen LogP contribution in [0, 0.1) is 5.92 Å². The van der Waals surface area contributed by atoms with Gasteiger partial charge in [-0.2, -0.15) is 0 Å². The Kier molecular flexibility index (Phi) is 2.44. The molecular formula is C11H16N6. The van der Waals surface area contributed by atoms with Gasteiger partial charge in [-0.25, -0.2) is 15.0 Å². The number of rotatable bonds is 2. The van der Waals surface area contributed by atoms with Crippen molar-refractivity contribution in [3.8, 4) is 0 Å². The van der Waals surface area contributed by atoms with Gasteiger partial charge in [-0.3, -0.25) is 0 Å². The van der Waals surface area contributed by atoms with Crippen LogP contribution in [-0.4, -0.2) is 39.1 Å². The van der Waals surface area contributed by atoms with Crippen molar-refractivity contribution in [3.63, 3.8) is 0 Å². The van der Waals surface area contributed by atoms with Crippen molar-refractivity contribution < 1.29 is 0 Å². The lowest BCUT2D eigenvalue weighted by Gasteiger charge is -2.26. The van der Waals surface area contributed by atoms with Crippen LogP contribution in [0.25, 0.3) is 11.2 Å². The summed E-state index contributed by atoms with van der Waals surface area (Å²) in [6, 6.07) is 0.358. The lowest BCUT2D eigenvalue weighted by molar-refractivity contribution is 0.518. The average Bonchev–Trinajstić information content (AvgIpc) is 2.94. The second-order valence-corrected chi connectivity index (χ2v) is 4.56. The van der Waals surface area contributed by atoms with Crippen molar-refractivity contribution in [2.75, 3.05) is 18.0 Å². The van der Waals surface area contributed by atoms with Crippen LogP contribution < -0.4 is 10.6 Å². The molecule has 6 heteroatoms. The first-order chi connectivity index (χ1) is 8.31. The number of H-pyrrole nitrogens is 1. The van der Waals surface area contributed by atoms with E-state index in [4.69, 9.17) is 5.73 Å². The summed E-state index contributed by atoms with van der Waals surface area (Å²) in [6.45, 7) is 3.89. The van der Waals surface area contributed by atoms with E-state index in [0.717, 1.165) is 24.3 Å². The van der Waals surface area contributed by atoms with Crippen molar-refractivity contribution in [1.29, 1.82) is 0 Å². The van der Waals surface area contributed by atoms with E-state index >= 15 is 0 Å². The van der Waals surface area contributed by atoms with Crippen LogP contribution in [0.5, 0.6) is 0 Å². The number of nitrogens with two attached hydrogens (primary N) is 1. The molecule has 3 N–H and O–H groups in total. The number of anilines is 1. The highest BCUT2D eigenvalue weighted by Gasteiger charge is 2.32. The quantitative estimate of drug-likeness (QED) is 0.789. The third-order valence-corrected chi connectivity index (χ3v) is 3.60. The molecule has 2 atom stereocenters. The van der Waals surface area contributed by atoms with E-state index in [1.807, 2.05) is 0 Å². The van der Waals surface area contributed by atoms with Crippen LogP contribution in [0.15, 0.2) is 12.7 Å². The Balaban J connectivity index is 2.06. The summed E-state index contributed by atoms with van der Waals surface area (Å²) in [4.78, 5) is 18.0. The molecule has 6 nitrogen and oxygen atoms in total. The molecule has 1 aliphatic rings. The van der Waals surface area contributed by atoms with E-state index in [-0.39, 0.29) is 0 Å². The zero-order chi connectivity index (χ0) is 11.8. The van der Waals surface area contributed by atoms with Crippen molar-refractivity contribution in [2.45, 2.75) is 19.4 Å². The number of nitrogens with one attached hydrogen (secondary N) is 1. The highest BCUT2D eigenvalue weighted by Crippen LogP contribution is 2.30. The highest BCUT2D eigenvalue weighted by atomic mass is 15.3. The Morgan fingerprint density at radius 1 is 1.47 bits per heavy atom. The zero-order valence-corrected chi connectivity index (χ0v) is 9.80. The molecule has 0 saturated carbocycles. The second kappa shape index (κ2) is 3.96. The fourth-order valence-electron chi connectivity index (χ4n) is 2.60. The summed E-state index contributed by atoms with van der Waals surface area (Å²) in [5.74, 6) is 1.53. The maximum absolute atomic E-state index is 5.86. The number of imidazole rings is 1. The van der Waals surface area contributed by atoms with Crippen molar-refractivity contribution in [3.05, 3.63) is 12.7 Å². The van der Waals surface area contributed by atoms with E-state index in [9.17, 15) is 0 Å². The van der Waals surface area contributed by atoms with E-state index < -0.39 is 0 Å². The van der Waals surface area contributed by atoms with Crippen LogP contribution in [-0.2, 0) is 0 Å². The van der Waals surface area contributed by atoms with Gasteiger partial charge in [0.05, 0.1) is 6.33 Å². The fraction of sp³-hybridized carbons (Fsp3) is 0.545. The molecule has 0 radical (unpaired) electrons. The zero-order valence-electron chi connectivity index (χ0n) is 9.80. The first kappa shape index (κ1) is 10.5. The van der Waals surface area contributed by atoms with Gasteiger partial charge in [-0.05, 0) is 12.3 Å². The topological polar surface area (TPSA) is 83.7 Å². The van der Waals surface area contributed by atoms with Gasteiger partial charge < -0.3 is 15.6 Å². The lowest BCUT2D eigenvalue weighted by Crippen LogP contribution is -2.39. The summed E-state index contributed by atoms with van der Waals surface area (Å²) < 4.78 is 0. The molecule has 0 aromatic carbocycles. The van der Waals surface area contributed by atoms with Gasteiger partial charge in [0.2, 0.25) is 0 Å². The smallest absolute Gasteiger partial charge is 0.182 e. The maximum Gasteiger partial charge on any atom is 0.182 e.